The Labute approximate surface area is 151 Å². The number of aryl methyl sites for hydroxylation is 2. The first-order valence-electron chi connectivity index (χ1n) is 9.04. The van der Waals surface area contributed by atoms with Gasteiger partial charge in [-0.3, -0.25) is 9.69 Å². The molecular formula is C17H24N8O. The smallest absolute Gasteiger partial charge is 0.259 e. The van der Waals surface area contributed by atoms with Crippen molar-refractivity contribution in [2.45, 2.75) is 26.4 Å². The summed E-state index contributed by atoms with van der Waals surface area (Å²) in [5.74, 6) is 1.04. The van der Waals surface area contributed by atoms with Crippen molar-refractivity contribution in [2.24, 2.45) is 7.05 Å². The van der Waals surface area contributed by atoms with E-state index in [0.717, 1.165) is 50.6 Å². The van der Waals surface area contributed by atoms with Gasteiger partial charge in [-0.15, -0.1) is 0 Å². The lowest BCUT2D eigenvalue weighted by Crippen LogP contribution is -2.35. The molecule has 1 amide bonds. The zero-order valence-electron chi connectivity index (χ0n) is 15.2. The number of carbonyl (C=O) groups is 1. The van der Waals surface area contributed by atoms with Crippen LogP contribution in [0.25, 0.3) is 5.65 Å². The molecule has 0 radical (unpaired) electrons. The first kappa shape index (κ1) is 16.8. The van der Waals surface area contributed by atoms with Crippen molar-refractivity contribution in [3.05, 3.63) is 36.3 Å². The molecule has 0 spiro atoms. The molecule has 4 rings (SSSR count). The highest BCUT2D eigenvalue weighted by Crippen LogP contribution is 2.15. The van der Waals surface area contributed by atoms with Crippen LogP contribution in [0.15, 0.2) is 24.9 Å². The van der Waals surface area contributed by atoms with Crippen molar-refractivity contribution in [3.63, 3.8) is 0 Å². The molecule has 26 heavy (non-hydrogen) atoms. The lowest BCUT2D eigenvalue weighted by Gasteiger charge is -2.21. The number of aromatic nitrogens is 6. The first-order chi connectivity index (χ1) is 12.7. The van der Waals surface area contributed by atoms with E-state index < -0.39 is 0 Å². The molecule has 0 atom stereocenters. The molecule has 1 aliphatic rings. The summed E-state index contributed by atoms with van der Waals surface area (Å²) in [6.45, 7) is 6.91. The second kappa shape index (κ2) is 6.91. The van der Waals surface area contributed by atoms with Gasteiger partial charge in [0.2, 0.25) is 0 Å². The van der Waals surface area contributed by atoms with Crippen LogP contribution in [-0.2, 0) is 20.1 Å². The SMILES string of the molecule is CCn1ncnc1CN1CCCN(C(=O)c2cnn3ccn(C)c23)CC1. The average Bonchev–Trinajstić information content (AvgIpc) is 3.30. The molecule has 9 heteroatoms. The standard InChI is InChI=1S/C17H24N8O/c1-3-24-15(18-13-20-24)12-22-5-4-6-23(9-8-22)17(26)14-11-19-25-10-7-21(2)16(14)25/h7,10-11,13H,3-6,8-9,12H2,1-2H3. The van der Waals surface area contributed by atoms with Gasteiger partial charge >= 0.3 is 0 Å². The zero-order chi connectivity index (χ0) is 18.1. The summed E-state index contributed by atoms with van der Waals surface area (Å²) in [5.41, 5.74) is 1.50. The highest BCUT2D eigenvalue weighted by molar-refractivity contribution is 5.99. The maximum Gasteiger partial charge on any atom is 0.259 e. The Morgan fingerprint density at radius 3 is 2.88 bits per heavy atom. The third-order valence-corrected chi connectivity index (χ3v) is 5.00. The molecule has 0 aliphatic carbocycles. The largest absolute Gasteiger partial charge is 0.337 e. The Morgan fingerprint density at radius 1 is 1.15 bits per heavy atom. The normalized spacial score (nSPS) is 16.3. The second-order valence-electron chi connectivity index (χ2n) is 6.65. The van der Waals surface area contributed by atoms with Gasteiger partial charge in [-0.05, 0) is 13.3 Å². The van der Waals surface area contributed by atoms with Crippen molar-refractivity contribution < 1.29 is 4.79 Å². The number of nitrogens with zero attached hydrogens (tertiary/aromatic N) is 8. The van der Waals surface area contributed by atoms with Crippen molar-refractivity contribution in [1.29, 1.82) is 0 Å². The fourth-order valence-electron chi connectivity index (χ4n) is 3.58. The Morgan fingerprint density at radius 2 is 2.04 bits per heavy atom. The molecule has 4 heterocycles. The monoisotopic (exact) mass is 356 g/mol. The molecule has 0 aromatic carbocycles. The zero-order valence-corrected chi connectivity index (χ0v) is 15.2. The minimum absolute atomic E-state index is 0.0559. The third kappa shape index (κ3) is 2.98. The van der Waals surface area contributed by atoms with E-state index >= 15 is 0 Å². The van der Waals surface area contributed by atoms with E-state index in [2.05, 4.69) is 27.0 Å². The topological polar surface area (TPSA) is 76.5 Å². The lowest BCUT2D eigenvalue weighted by atomic mass is 10.2. The van der Waals surface area contributed by atoms with E-state index in [1.165, 1.54) is 0 Å². The molecule has 0 saturated carbocycles. The molecule has 1 saturated heterocycles. The minimum atomic E-state index is 0.0559. The fourth-order valence-corrected chi connectivity index (χ4v) is 3.58. The number of carbonyl (C=O) groups excluding carboxylic acids is 1. The van der Waals surface area contributed by atoms with Crippen LogP contribution in [-0.4, -0.2) is 70.8 Å². The second-order valence-corrected chi connectivity index (χ2v) is 6.65. The van der Waals surface area contributed by atoms with Gasteiger partial charge in [0.15, 0.2) is 0 Å². The van der Waals surface area contributed by atoms with Crippen LogP contribution < -0.4 is 0 Å². The van der Waals surface area contributed by atoms with Gasteiger partial charge < -0.3 is 9.47 Å². The molecule has 1 fully saturated rings. The Hall–Kier alpha value is -2.68. The molecule has 3 aromatic heterocycles. The first-order valence-corrected chi connectivity index (χ1v) is 9.04. The number of imidazole rings is 1. The van der Waals surface area contributed by atoms with Gasteiger partial charge in [0.1, 0.15) is 23.4 Å². The molecule has 1 aliphatic heterocycles. The van der Waals surface area contributed by atoms with Gasteiger partial charge in [0.25, 0.3) is 5.91 Å². The molecular weight excluding hydrogens is 332 g/mol. The van der Waals surface area contributed by atoms with Crippen LogP contribution in [0.2, 0.25) is 0 Å². The van der Waals surface area contributed by atoms with Crippen molar-refractivity contribution >= 4 is 11.6 Å². The van der Waals surface area contributed by atoms with Gasteiger partial charge in [0, 0.05) is 52.2 Å². The van der Waals surface area contributed by atoms with Crippen LogP contribution in [0.3, 0.4) is 0 Å². The summed E-state index contributed by atoms with van der Waals surface area (Å²) >= 11 is 0. The van der Waals surface area contributed by atoms with Crippen molar-refractivity contribution in [3.8, 4) is 0 Å². The highest BCUT2D eigenvalue weighted by Gasteiger charge is 2.24. The van der Waals surface area contributed by atoms with E-state index in [4.69, 9.17) is 0 Å². The quantitative estimate of drug-likeness (QED) is 0.685. The van der Waals surface area contributed by atoms with E-state index in [-0.39, 0.29) is 5.91 Å². The van der Waals surface area contributed by atoms with Crippen LogP contribution in [0.4, 0.5) is 0 Å². The number of hydrogen-bond acceptors (Lipinski definition) is 5. The summed E-state index contributed by atoms with van der Waals surface area (Å²) in [5, 5.41) is 8.52. The molecule has 0 N–H and O–H groups in total. The van der Waals surface area contributed by atoms with Crippen molar-refractivity contribution in [2.75, 3.05) is 26.2 Å². The predicted octanol–water partition coefficient (Wildman–Crippen LogP) is 0.632. The summed E-state index contributed by atoms with van der Waals surface area (Å²) in [7, 11) is 1.93. The van der Waals surface area contributed by atoms with Crippen molar-refractivity contribution in [1.82, 2.24) is 38.7 Å². The average molecular weight is 356 g/mol. The number of rotatable bonds is 4. The lowest BCUT2D eigenvalue weighted by molar-refractivity contribution is 0.0762. The van der Waals surface area contributed by atoms with E-state index in [1.807, 2.05) is 33.6 Å². The summed E-state index contributed by atoms with van der Waals surface area (Å²) in [6.07, 6.45) is 8.00. The fraction of sp³-hybridized carbons (Fsp3) is 0.529. The molecule has 138 valence electrons. The molecule has 3 aromatic rings. The number of fused-ring (bicyclic) bond motifs is 1. The third-order valence-electron chi connectivity index (χ3n) is 5.00. The van der Waals surface area contributed by atoms with Gasteiger partial charge in [-0.25, -0.2) is 14.2 Å². The maximum atomic E-state index is 13.0. The molecule has 0 unspecified atom stereocenters. The minimum Gasteiger partial charge on any atom is -0.337 e. The van der Waals surface area contributed by atoms with Gasteiger partial charge in [0.05, 0.1) is 12.7 Å². The van der Waals surface area contributed by atoms with Crippen LogP contribution in [0, 0.1) is 0 Å². The number of hydrogen-bond donors (Lipinski definition) is 0. The van der Waals surface area contributed by atoms with Gasteiger partial charge in [-0.1, -0.05) is 0 Å². The maximum absolute atomic E-state index is 13.0. The number of amides is 1. The van der Waals surface area contributed by atoms with Crippen LogP contribution >= 0.6 is 0 Å². The Bertz CT molecular complexity index is 907. The Kier molecular flexibility index (Phi) is 4.46. The van der Waals surface area contributed by atoms with Crippen LogP contribution in [0.1, 0.15) is 29.5 Å². The van der Waals surface area contributed by atoms with E-state index in [1.54, 1.807) is 17.0 Å². The van der Waals surface area contributed by atoms with Crippen LogP contribution in [0.5, 0.6) is 0 Å². The summed E-state index contributed by atoms with van der Waals surface area (Å²) in [6, 6.07) is 0. The molecule has 9 nitrogen and oxygen atoms in total. The molecule has 0 bridgehead atoms. The highest BCUT2D eigenvalue weighted by atomic mass is 16.2. The van der Waals surface area contributed by atoms with E-state index in [0.29, 0.717) is 12.1 Å². The van der Waals surface area contributed by atoms with E-state index in [9.17, 15) is 4.79 Å². The predicted molar refractivity (Wildman–Crippen MR) is 95.7 cm³/mol. The Balaban J connectivity index is 1.45. The van der Waals surface area contributed by atoms with Gasteiger partial charge in [-0.2, -0.15) is 10.2 Å². The summed E-state index contributed by atoms with van der Waals surface area (Å²) < 4.78 is 5.60. The summed E-state index contributed by atoms with van der Waals surface area (Å²) in [4.78, 5) is 21.7.